The van der Waals surface area contributed by atoms with E-state index in [1.807, 2.05) is 5.38 Å². The van der Waals surface area contributed by atoms with E-state index in [2.05, 4.69) is 20.7 Å². The van der Waals surface area contributed by atoms with Gasteiger partial charge in [0, 0.05) is 30.0 Å². The molecule has 0 saturated heterocycles. The number of hydrogen-bond acceptors (Lipinski definition) is 6. The third kappa shape index (κ3) is 4.58. The number of ether oxygens (including phenoxy) is 2. The van der Waals surface area contributed by atoms with Crippen LogP contribution in [-0.2, 0) is 6.42 Å². The standard InChI is InChI=1S/C21H20FN5O3S/c1-29-16-6-7-17(18(11-16)30-2)24-20(28)23-9-8-15-12-31-21-25-19(26-27(15)21)13-4-3-5-14(22)10-13/h3-7,10-12H,8-9H2,1-2H3,(H2,23,24,28). The van der Waals surface area contributed by atoms with Crippen LogP contribution in [-0.4, -0.2) is 41.4 Å². The van der Waals surface area contributed by atoms with Crippen LogP contribution in [0.5, 0.6) is 11.5 Å². The lowest BCUT2D eigenvalue weighted by molar-refractivity contribution is 0.252. The number of aromatic nitrogens is 3. The van der Waals surface area contributed by atoms with Gasteiger partial charge in [-0.15, -0.1) is 16.4 Å². The molecule has 10 heteroatoms. The third-order valence-corrected chi connectivity index (χ3v) is 5.42. The molecule has 2 heterocycles. The molecule has 8 nitrogen and oxygen atoms in total. The van der Waals surface area contributed by atoms with E-state index in [0.29, 0.717) is 46.5 Å². The number of urea groups is 1. The summed E-state index contributed by atoms with van der Waals surface area (Å²) in [4.78, 5) is 17.4. The fraction of sp³-hybridized carbons (Fsp3) is 0.190. The van der Waals surface area contributed by atoms with Crippen LogP contribution in [0.1, 0.15) is 5.69 Å². The summed E-state index contributed by atoms with van der Waals surface area (Å²) in [5.41, 5.74) is 2.06. The molecule has 2 N–H and O–H groups in total. The van der Waals surface area contributed by atoms with Crippen LogP contribution in [0.15, 0.2) is 47.8 Å². The molecule has 0 aliphatic rings. The van der Waals surface area contributed by atoms with E-state index in [0.717, 1.165) is 5.69 Å². The molecule has 2 amide bonds. The lowest BCUT2D eigenvalue weighted by atomic mass is 10.2. The predicted octanol–water partition coefficient (Wildman–Crippen LogP) is 3.98. The van der Waals surface area contributed by atoms with Crippen molar-refractivity contribution in [2.24, 2.45) is 0 Å². The zero-order valence-corrected chi connectivity index (χ0v) is 17.7. The van der Waals surface area contributed by atoms with Crippen LogP contribution in [0, 0.1) is 5.82 Å². The summed E-state index contributed by atoms with van der Waals surface area (Å²) in [6.07, 6.45) is 0.555. The second kappa shape index (κ2) is 9.00. The lowest BCUT2D eigenvalue weighted by Crippen LogP contribution is -2.30. The molecule has 0 radical (unpaired) electrons. The van der Waals surface area contributed by atoms with E-state index in [-0.39, 0.29) is 11.8 Å². The maximum absolute atomic E-state index is 13.5. The lowest BCUT2D eigenvalue weighted by Gasteiger charge is -2.12. The minimum absolute atomic E-state index is 0.334. The van der Waals surface area contributed by atoms with Gasteiger partial charge in [0.2, 0.25) is 4.96 Å². The highest BCUT2D eigenvalue weighted by Crippen LogP contribution is 2.29. The zero-order chi connectivity index (χ0) is 21.8. The van der Waals surface area contributed by atoms with Crippen molar-refractivity contribution in [1.82, 2.24) is 19.9 Å². The molecule has 160 valence electrons. The van der Waals surface area contributed by atoms with Crippen molar-refractivity contribution in [3.63, 3.8) is 0 Å². The Hall–Kier alpha value is -3.66. The molecule has 0 fully saturated rings. The van der Waals surface area contributed by atoms with Crippen molar-refractivity contribution in [1.29, 1.82) is 0 Å². The molecule has 4 aromatic rings. The number of nitrogens with zero attached hydrogens (tertiary/aromatic N) is 3. The van der Waals surface area contributed by atoms with Gasteiger partial charge in [-0.2, -0.15) is 4.98 Å². The van der Waals surface area contributed by atoms with Crippen molar-refractivity contribution in [2.45, 2.75) is 6.42 Å². The smallest absolute Gasteiger partial charge is 0.319 e. The van der Waals surface area contributed by atoms with Gasteiger partial charge >= 0.3 is 6.03 Å². The number of carbonyl (C=O) groups excluding carboxylic acids is 1. The number of anilines is 1. The quantitative estimate of drug-likeness (QED) is 0.453. The van der Waals surface area contributed by atoms with Crippen molar-refractivity contribution >= 4 is 28.0 Å². The van der Waals surface area contributed by atoms with Gasteiger partial charge in [0.15, 0.2) is 5.82 Å². The summed E-state index contributed by atoms with van der Waals surface area (Å²) < 4.78 is 25.6. The van der Waals surface area contributed by atoms with Crippen molar-refractivity contribution in [3.05, 3.63) is 59.4 Å². The van der Waals surface area contributed by atoms with Gasteiger partial charge < -0.3 is 20.1 Å². The number of benzene rings is 2. The summed E-state index contributed by atoms with van der Waals surface area (Å²) in [7, 11) is 3.09. The maximum Gasteiger partial charge on any atom is 0.319 e. The fourth-order valence-electron chi connectivity index (χ4n) is 3.02. The Morgan fingerprint density at radius 3 is 2.84 bits per heavy atom. The number of methoxy groups -OCH3 is 2. The number of halogens is 1. The number of hydrogen-bond donors (Lipinski definition) is 2. The van der Waals surface area contributed by atoms with Gasteiger partial charge in [-0.3, -0.25) is 0 Å². The first kappa shape index (κ1) is 20.6. The maximum atomic E-state index is 13.5. The molecular formula is C21H20FN5O3S. The first-order chi connectivity index (χ1) is 15.1. The van der Waals surface area contributed by atoms with Gasteiger partial charge in [0.25, 0.3) is 0 Å². The monoisotopic (exact) mass is 441 g/mol. The fourth-order valence-corrected chi connectivity index (χ4v) is 3.88. The summed E-state index contributed by atoms with van der Waals surface area (Å²) in [5, 5.41) is 12.0. The molecule has 0 aliphatic carbocycles. The summed E-state index contributed by atoms with van der Waals surface area (Å²) in [6, 6.07) is 11.0. The number of nitrogens with one attached hydrogen (secondary N) is 2. The van der Waals surface area contributed by atoms with Crippen LogP contribution < -0.4 is 20.1 Å². The highest BCUT2D eigenvalue weighted by molar-refractivity contribution is 7.15. The average molecular weight is 441 g/mol. The zero-order valence-electron chi connectivity index (χ0n) is 16.9. The van der Waals surface area contributed by atoms with E-state index in [4.69, 9.17) is 9.47 Å². The normalized spacial score (nSPS) is 10.8. The van der Waals surface area contributed by atoms with E-state index < -0.39 is 0 Å². The Balaban J connectivity index is 1.38. The molecule has 0 bridgehead atoms. The van der Waals surface area contributed by atoms with Crippen LogP contribution in [0.25, 0.3) is 16.3 Å². The Morgan fingerprint density at radius 2 is 2.06 bits per heavy atom. The Kier molecular flexibility index (Phi) is 5.99. The molecule has 0 spiro atoms. The summed E-state index contributed by atoms with van der Waals surface area (Å²) >= 11 is 1.44. The predicted molar refractivity (Wildman–Crippen MR) is 117 cm³/mol. The summed E-state index contributed by atoms with van der Waals surface area (Å²) in [6.45, 7) is 0.394. The van der Waals surface area contributed by atoms with E-state index in [9.17, 15) is 9.18 Å². The molecule has 0 aliphatic heterocycles. The minimum Gasteiger partial charge on any atom is -0.497 e. The summed E-state index contributed by atoms with van der Waals surface area (Å²) in [5.74, 6) is 1.26. The molecule has 4 rings (SSSR count). The Morgan fingerprint density at radius 1 is 1.19 bits per heavy atom. The number of fused-ring (bicyclic) bond motifs is 1. The van der Waals surface area contributed by atoms with Crippen molar-refractivity contribution < 1.29 is 18.7 Å². The number of rotatable bonds is 7. The minimum atomic E-state index is -0.353. The first-order valence-electron chi connectivity index (χ1n) is 9.43. The number of thiazole rings is 1. The first-order valence-corrected chi connectivity index (χ1v) is 10.3. The second-order valence-corrected chi connectivity index (χ2v) is 7.40. The van der Waals surface area contributed by atoms with Crippen LogP contribution >= 0.6 is 11.3 Å². The molecule has 0 unspecified atom stereocenters. The van der Waals surface area contributed by atoms with Crippen LogP contribution in [0.2, 0.25) is 0 Å². The van der Waals surface area contributed by atoms with Gasteiger partial charge in [-0.05, 0) is 24.3 Å². The molecule has 31 heavy (non-hydrogen) atoms. The van der Waals surface area contributed by atoms with Crippen molar-refractivity contribution in [3.8, 4) is 22.9 Å². The topological polar surface area (TPSA) is 89.8 Å². The van der Waals surface area contributed by atoms with E-state index in [1.54, 1.807) is 42.0 Å². The van der Waals surface area contributed by atoms with Gasteiger partial charge in [0.05, 0.1) is 25.6 Å². The number of carbonyl (C=O) groups is 1. The third-order valence-electron chi connectivity index (χ3n) is 4.56. The highest BCUT2D eigenvalue weighted by atomic mass is 32.1. The number of amides is 2. The average Bonchev–Trinajstić information content (AvgIpc) is 3.36. The highest BCUT2D eigenvalue weighted by Gasteiger charge is 2.13. The SMILES string of the molecule is COc1ccc(NC(=O)NCCc2csc3nc(-c4cccc(F)c4)nn23)c(OC)c1. The van der Waals surface area contributed by atoms with E-state index in [1.165, 1.54) is 30.6 Å². The molecule has 0 atom stereocenters. The molecular weight excluding hydrogens is 421 g/mol. The van der Waals surface area contributed by atoms with E-state index >= 15 is 0 Å². The second-order valence-electron chi connectivity index (χ2n) is 6.56. The Labute approximate surface area is 181 Å². The van der Waals surface area contributed by atoms with Gasteiger partial charge in [-0.25, -0.2) is 13.7 Å². The molecule has 2 aromatic carbocycles. The van der Waals surface area contributed by atoms with Gasteiger partial charge in [0.1, 0.15) is 17.3 Å². The Bertz CT molecular complexity index is 1220. The molecule has 2 aromatic heterocycles. The van der Waals surface area contributed by atoms with Crippen LogP contribution in [0.4, 0.5) is 14.9 Å². The molecule has 0 saturated carbocycles. The van der Waals surface area contributed by atoms with Crippen molar-refractivity contribution in [2.75, 3.05) is 26.1 Å². The van der Waals surface area contributed by atoms with Gasteiger partial charge in [-0.1, -0.05) is 12.1 Å². The largest absolute Gasteiger partial charge is 0.497 e. The van der Waals surface area contributed by atoms with Crippen LogP contribution in [0.3, 0.4) is 0 Å².